The number of halogens is 1. The van der Waals surface area contributed by atoms with Gasteiger partial charge in [0.1, 0.15) is 17.7 Å². The van der Waals surface area contributed by atoms with Crippen molar-refractivity contribution in [1.82, 2.24) is 24.8 Å². The molecule has 0 saturated carbocycles. The number of hydrogen-bond donors (Lipinski definition) is 2. The summed E-state index contributed by atoms with van der Waals surface area (Å²) in [5.74, 6) is -1.12. The van der Waals surface area contributed by atoms with Crippen LogP contribution in [0.4, 0.5) is 5.95 Å². The van der Waals surface area contributed by atoms with Gasteiger partial charge in [-0.25, -0.2) is 4.98 Å². The van der Waals surface area contributed by atoms with Crippen LogP contribution < -0.4 is 11.1 Å². The normalized spacial score (nSPS) is 30.6. The van der Waals surface area contributed by atoms with Crippen LogP contribution in [-0.4, -0.2) is 56.6 Å². The van der Waals surface area contributed by atoms with E-state index in [0.717, 1.165) is 0 Å². The van der Waals surface area contributed by atoms with Crippen LogP contribution >= 0.6 is 11.6 Å². The number of carbonyl (C=O) groups excluding carboxylic acids is 1. The number of aromatic nitrogens is 4. The maximum absolute atomic E-state index is 12.2. The summed E-state index contributed by atoms with van der Waals surface area (Å²) in [6.45, 7) is 3.57. The number of imidazole rings is 1. The fraction of sp³-hybridized carbons (Fsp3) is 0.571. The lowest BCUT2D eigenvalue weighted by Crippen LogP contribution is -2.41. The molecule has 2 fully saturated rings. The summed E-state index contributed by atoms with van der Waals surface area (Å²) < 4.78 is 19.4. The topological polar surface area (TPSA) is 126 Å². The van der Waals surface area contributed by atoms with Crippen LogP contribution in [0.1, 0.15) is 20.1 Å². The average molecular weight is 369 g/mol. The molecule has 2 aliphatic heterocycles. The second-order valence-corrected chi connectivity index (χ2v) is 6.68. The van der Waals surface area contributed by atoms with Gasteiger partial charge in [0, 0.05) is 7.05 Å². The average Bonchev–Trinajstić information content (AvgIpc) is 3.17. The minimum absolute atomic E-state index is 0.0144. The smallest absolute Gasteiger partial charge is 0.251 e. The molecule has 4 atom stereocenters. The summed E-state index contributed by atoms with van der Waals surface area (Å²) in [4.78, 5) is 24.5. The third-order valence-electron chi connectivity index (χ3n) is 4.20. The van der Waals surface area contributed by atoms with Crippen LogP contribution in [0.15, 0.2) is 6.33 Å². The van der Waals surface area contributed by atoms with Crippen molar-refractivity contribution in [2.75, 3.05) is 12.8 Å². The predicted octanol–water partition coefficient (Wildman–Crippen LogP) is 0.225. The maximum Gasteiger partial charge on any atom is 0.251 e. The Labute approximate surface area is 147 Å². The van der Waals surface area contributed by atoms with E-state index in [1.54, 1.807) is 18.4 Å². The first-order chi connectivity index (χ1) is 11.8. The van der Waals surface area contributed by atoms with E-state index in [4.69, 9.17) is 31.5 Å². The lowest BCUT2D eigenvalue weighted by atomic mass is 10.1. The number of ether oxygens (including phenoxy) is 3. The Bertz CT molecular complexity index is 855. The van der Waals surface area contributed by atoms with Gasteiger partial charge in [-0.05, 0) is 13.8 Å². The van der Waals surface area contributed by atoms with Gasteiger partial charge in [-0.1, -0.05) is 11.6 Å². The summed E-state index contributed by atoms with van der Waals surface area (Å²) in [6.07, 6.45) is -1.08. The van der Waals surface area contributed by atoms with Crippen molar-refractivity contribution in [1.29, 1.82) is 0 Å². The zero-order chi connectivity index (χ0) is 17.9. The Kier molecular flexibility index (Phi) is 3.62. The molecule has 25 heavy (non-hydrogen) atoms. The van der Waals surface area contributed by atoms with Crippen LogP contribution in [0, 0.1) is 0 Å². The van der Waals surface area contributed by atoms with Gasteiger partial charge in [-0.2, -0.15) is 9.97 Å². The van der Waals surface area contributed by atoms with E-state index in [1.165, 1.54) is 13.4 Å². The number of likely N-dealkylation sites (N-methyl/N-ethyl adjacent to an activating group) is 1. The third-order valence-corrected chi connectivity index (χ3v) is 4.47. The molecule has 0 aliphatic carbocycles. The van der Waals surface area contributed by atoms with Crippen molar-refractivity contribution in [2.24, 2.45) is 0 Å². The first-order valence-corrected chi connectivity index (χ1v) is 8.07. The highest BCUT2D eigenvalue weighted by molar-refractivity contribution is 6.33. The van der Waals surface area contributed by atoms with Crippen molar-refractivity contribution in [3.05, 3.63) is 11.5 Å². The molecule has 11 heteroatoms. The number of nitrogens with two attached hydrogens (primary N) is 1. The lowest BCUT2D eigenvalue weighted by Gasteiger charge is -2.24. The minimum Gasteiger partial charge on any atom is -0.368 e. The van der Waals surface area contributed by atoms with Gasteiger partial charge in [-0.3, -0.25) is 9.36 Å². The number of amides is 1. The minimum atomic E-state index is -0.842. The molecule has 0 bridgehead atoms. The summed E-state index contributed by atoms with van der Waals surface area (Å²) in [6, 6.07) is 0. The number of anilines is 1. The zero-order valence-corrected chi connectivity index (χ0v) is 14.5. The predicted molar refractivity (Wildman–Crippen MR) is 86.5 cm³/mol. The summed E-state index contributed by atoms with van der Waals surface area (Å²) in [7, 11) is 1.54. The van der Waals surface area contributed by atoms with E-state index in [0.29, 0.717) is 11.2 Å². The number of carbonyl (C=O) groups is 1. The van der Waals surface area contributed by atoms with Gasteiger partial charge < -0.3 is 25.3 Å². The number of nitrogens with zero attached hydrogens (tertiary/aromatic N) is 4. The second kappa shape index (κ2) is 5.49. The quantitative estimate of drug-likeness (QED) is 0.721. The van der Waals surface area contributed by atoms with E-state index in [1.807, 2.05) is 0 Å². The maximum atomic E-state index is 12.2. The van der Waals surface area contributed by atoms with Gasteiger partial charge in [0.05, 0.1) is 6.33 Å². The standard InChI is InChI=1S/C14H17ClN6O4/c1-14(2)24-6-7(11(22)17-3)23-12(8(6)25-14)21-4-18-5-9(15)19-13(16)20-10(5)21/h4,6-8,12H,1-3H3,(H,17,22)(H2,16,19,20)/t6?,7-,8-,12+/m0/s1. The fourth-order valence-electron chi connectivity index (χ4n) is 3.24. The van der Waals surface area contributed by atoms with E-state index < -0.39 is 30.3 Å². The second-order valence-electron chi connectivity index (χ2n) is 6.32. The van der Waals surface area contributed by atoms with E-state index >= 15 is 0 Å². The van der Waals surface area contributed by atoms with Crippen molar-refractivity contribution < 1.29 is 19.0 Å². The molecule has 2 aliphatic rings. The summed E-state index contributed by atoms with van der Waals surface area (Å²) >= 11 is 6.07. The van der Waals surface area contributed by atoms with Crippen LogP contribution in [0.3, 0.4) is 0 Å². The van der Waals surface area contributed by atoms with Gasteiger partial charge in [0.25, 0.3) is 5.91 Å². The number of fused-ring (bicyclic) bond motifs is 2. The molecule has 4 heterocycles. The molecule has 0 aromatic carbocycles. The Morgan fingerprint density at radius 2 is 2.08 bits per heavy atom. The molecule has 0 radical (unpaired) electrons. The Morgan fingerprint density at radius 1 is 1.36 bits per heavy atom. The molecule has 1 unspecified atom stereocenters. The molecule has 4 rings (SSSR count). The highest BCUT2D eigenvalue weighted by Gasteiger charge is 2.58. The first-order valence-electron chi connectivity index (χ1n) is 7.69. The largest absolute Gasteiger partial charge is 0.368 e. The summed E-state index contributed by atoms with van der Waals surface area (Å²) in [5, 5.41) is 2.72. The van der Waals surface area contributed by atoms with Gasteiger partial charge in [-0.15, -0.1) is 0 Å². The van der Waals surface area contributed by atoms with E-state index in [9.17, 15) is 4.79 Å². The third kappa shape index (κ3) is 2.53. The van der Waals surface area contributed by atoms with Gasteiger partial charge >= 0.3 is 0 Å². The highest BCUT2D eigenvalue weighted by Crippen LogP contribution is 2.43. The number of nitrogen functional groups attached to an aromatic ring is 1. The molecule has 1 amide bonds. The van der Waals surface area contributed by atoms with E-state index in [2.05, 4.69) is 20.3 Å². The van der Waals surface area contributed by atoms with Crippen molar-refractivity contribution in [3.8, 4) is 0 Å². The first kappa shape index (κ1) is 16.5. The van der Waals surface area contributed by atoms with Gasteiger partial charge in [0.2, 0.25) is 5.95 Å². The highest BCUT2D eigenvalue weighted by atomic mass is 35.5. The molecule has 2 aromatic rings. The molecule has 134 valence electrons. The molecule has 0 spiro atoms. The van der Waals surface area contributed by atoms with Crippen LogP contribution in [0.2, 0.25) is 5.15 Å². The molecular weight excluding hydrogens is 352 g/mol. The van der Waals surface area contributed by atoms with E-state index in [-0.39, 0.29) is 17.0 Å². The van der Waals surface area contributed by atoms with Crippen LogP contribution in [0.25, 0.3) is 11.2 Å². The van der Waals surface area contributed by atoms with Crippen molar-refractivity contribution in [2.45, 2.75) is 44.2 Å². The van der Waals surface area contributed by atoms with Gasteiger partial charge in [0.15, 0.2) is 28.9 Å². The SMILES string of the molecule is CNC(=O)[C@H]1O[C@@H](n2cnc3c(Cl)nc(N)nc32)[C@H]2OC(C)(C)OC12. The number of hydrogen-bond acceptors (Lipinski definition) is 8. The van der Waals surface area contributed by atoms with Crippen LogP contribution in [0.5, 0.6) is 0 Å². The zero-order valence-electron chi connectivity index (χ0n) is 13.8. The molecule has 10 nitrogen and oxygen atoms in total. The molecule has 3 N–H and O–H groups in total. The number of nitrogens with one attached hydrogen (secondary N) is 1. The Hall–Kier alpha value is -2.01. The molecule has 2 saturated heterocycles. The summed E-state index contributed by atoms with van der Waals surface area (Å²) in [5.41, 5.74) is 6.47. The molecular formula is C14H17ClN6O4. The Balaban J connectivity index is 1.79. The lowest BCUT2D eigenvalue weighted by molar-refractivity contribution is -0.197. The van der Waals surface area contributed by atoms with Crippen molar-refractivity contribution in [3.63, 3.8) is 0 Å². The molecule has 2 aromatic heterocycles. The number of rotatable bonds is 2. The Morgan fingerprint density at radius 3 is 2.80 bits per heavy atom. The fourth-order valence-corrected chi connectivity index (χ4v) is 3.46. The monoisotopic (exact) mass is 368 g/mol. The van der Waals surface area contributed by atoms with Crippen LogP contribution in [-0.2, 0) is 19.0 Å². The van der Waals surface area contributed by atoms with Crippen molar-refractivity contribution >= 4 is 34.6 Å².